The Morgan fingerprint density at radius 2 is 1.68 bits per heavy atom. The third kappa shape index (κ3) is 3.02. The van der Waals surface area contributed by atoms with Crippen LogP contribution in [0.4, 0.5) is 0 Å². The minimum absolute atomic E-state index is 0.0266. The number of fused-ring (bicyclic) bond motifs is 1. The zero-order valence-corrected chi connectivity index (χ0v) is 14.9. The smallest absolute Gasteiger partial charge is 0.236 e. The standard InChI is InChI=1S/C22H22N2O/c1-22(2,3)17-10-6-5-9-16(17)20-14-25-21(24-20)19-13-12-15-8-4-7-11-18(15)23-19/h4-13,20H,14H2,1-3H3/t20-/m0/s1. The minimum atomic E-state index is 0.0266. The highest BCUT2D eigenvalue weighted by Gasteiger charge is 2.27. The number of aromatic nitrogens is 1. The monoisotopic (exact) mass is 330 g/mol. The Morgan fingerprint density at radius 1 is 0.920 bits per heavy atom. The van der Waals surface area contributed by atoms with Crippen molar-refractivity contribution in [2.75, 3.05) is 6.61 Å². The lowest BCUT2D eigenvalue weighted by atomic mass is 9.82. The summed E-state index contributed by atoms with van der Waals surface area (Å²) in [5.41, 5.74) is 4.40. The van der Waals surface area contributed by atoms with E-state index in [9.17, 15) is 0 Å². The number of aliphatic imine (C=N–C) groups is 1. The fraction of sp³-hybridized carbons (Fsp3) is 0.273. The van der Waals surface area contributed by atoms with E-state index in [-0.39, 0.29) is 11.5 Å². The fourth-order valence-corrected chi connectivity index (χ4v) is 3.33. The fourth-order valence-electron chi connectivity index (χ4n) is 3.33. The Hall–Kier alpha value is -2.68. The molecule has 0 unspecified atom stereocenters. The first kappa shape index (κ1) is 15.8. The second-order valence-corrected chi connectivity index (χ2v) is 7.49. The van der Waals surface area contributed by atoms with Crippen LogP contribution in [0.15, 0.2) is 65.7 Å². The molecule has 0 amide bonds. The van der Waals surface area contributed by atoms with Crippen molar-refractivity contribution in [2.24, 2.45) is 4.99 Å². The molecule has 0 radical (unpaired) electrons. The summed E-state index contributed by atoms with van der Waals surface area (Å²) in [7, 11) is 0. The highest BCUT2D eigenvalue weighted by Crippen LogP contribution is 2.33. The van der Waals surface area contributed by atoms with Crippen LogP contribution in [0.3, 0.4) is 0 Å². The maximum Gasteiger partial charge on any atom is 0.236 e. The van der Waals surface area contributed by atoms with E-state index in [4.69, 9.17) is 14.7 Å². The molecule has 3 heteroatoms. The number of pyridine rings is 1. The third-order valence-corrected chi connectivity index (χ3v) is 4.60. The van der Waals surface area contributed by atoms with E-state index in [1.54, 1.807) is 0 Å². The topological polar surface area (TPSA) is 34.5 Å². The van der Waals surface area contributed by atoms with E-state index in [1.807, 2.05) is 24.3 Å². The van der Waals surface area contributed by atoms with Crippen molar-refractivity contribution in [2.45, 2.75) is 32.2 Å². The number of nitrogens with zero attached hydrogens (tertiary/aromatic N) is 2. The summed E-state index contributed by atoms with van der Waals surface area (Å²) < 4.78 is 5.91. The first-order valence-electron chi connectivity index (χ1n) is 8.68. The first-order chi connectivity index (χ1) is 12.0. The molecule has 0 fully saturated rings. The molecule has 1 aliphatic heterocycles. The summed E-state index contributed by atoms with van der Waals surface area (Å²) in [6.45, 7) is 7.27. The largest absolute Gasteiger partial charge is 0.474 e. The van der Waals surface area contributed by atoms with Crippen LogP contribution in [0.1, 0.15) is 43.6 Å². The van der Waals surface area contributed by atoms with Crippen LogP contribution >= 0.6 is 0 Å². The van der Waals surface area contributed by atoms with Crippen LogP contribution in [0.5, 0.6) is 0 Å². The van der Waals surface area contributed by atoms with Crippen molar-refractivity contribution >= 4 is 16.8 Å². The minimum Gasteiger partial charge on any atom is -0.474 e. The number of hydrogen-bond acceptors (Lipinski definition) is 3. The van der Waals surface area contributed by atoms with Gasteiger partial charge in [-0.2, -0.15) is 0 Å². The molecule has 4 rings (SSSR count). The second-order valence-electron chi connectivity index (χ2n) is 7.49. The average molecular weight is 330 g/mol. The van der Waals surface area contributed by atoms with Gasteiger partial charge in [0, 0.05) is 5.39 Å². The lowest BCUT2D eigenvalue weighted by molar-refractivity contribution is 0.318. The summed E-state index contributed by atoms with van der Waals surface area (Å²) in [5, 5.41) is 1.12. The van der Waals surface area contributed by atoms with E-state index in [0.717, 1.165) is 16.6 Å². The maximum absolute atomic E-state index is 5.91. The molecular formula is C22H22N2O. The quantitative estimate of drug-likeness (QED) is 0.659. The number of hydrogen-bond donors (Lipinski definition) is 0. The van der Waals surface area contributed by atoms with Gasteiger partial charge < -0.3 is 4.74 Å². The summed E-state index contributed by atoms with van der Waals surface area (Å²) >= 11 is 0. The zero-order valence-electron chi connectivity index (χ0n) is 14.9. The molecule has 0 saturated heterocycles. The molecule has 3 nitrogen and oxygen atoms in total. The van der Waals surface area contributed by atoms with Gasteiger partial charge in [-0.3, -0.25) is 0 Å². The summed E-state index contributed by atoms with van der Waals surface area (Å²) in [6, 6.07) is 20.7. The van der Waals surface area contributed by atoms with E-state index in [1.165, 1.54) is 11.1 Å². The number of para-hydroxylation sites is 1. The van der Waals surface area contributed by atoms with Crippen LogP contribution in [0.2, 0.25) is 0 Å². The van der Waals surface area contributed by atoms with Crippen molar-refractivity contribution in [3.8, 4) is 0 Å². The molecule has 1 aromatic heterocycles. The summed E-state index contributed by atoms with van der Waals surface area (Å²) in [6.07, 6.45) is 0. The predicted molar refractivity (Wildman–Crippen MR) is 102 cm³/mol. The molecule has 2 aromatic carbocycles. The van der Waals surface area contributed by atoms with Gasteiger partial charge in [0.25, 0.3) is 0 Å². The molecule has 1 aliphatic rings. The molecule has 25 heavy (non-hydrogen) atoms. The molecule has 1 atom stereocenters. The molecule has 126 valence electrons. The van der Waals surface area contributed by atoms with Crippen LogP contribution in [-0.4, -0.2) is 17.5 Å². The van der Waals surface area contributed by atoms with E-state index >= 15 is 0 Å². The third-order valence-electron chi connectivity index (χ3n) is 4.60. The molecular weight excluding hydrogens is 308 g/mol. The molecule has 0 aliphatic carbocycles. The number of ether oxygens (including phenoxy) is 1. The predicted octanol–water partition coefficient (Wildman–Crippen LogP) is 5.05. The summed E-state index contributed by atoms with van der Waals surface area (Å²) in [5.74, 6) is 0.638. The molecule has 3 aromatic rings. The number of rotatable bonds is 2. The van der Waals surface area contributed by atoms with Crippen LogP contribution in [0.25, 0.3) is 10.9 Å². The normalized spacial score (nSPS) is 17.4. The lowest BCUT2D eigenvalue weighted by Gasteiger charge is -2.24. The number of benzene rings is 2. The van der Waals surface area contributed by atoms with Crippen LogP contribution in [0, 0.1) is 0 Å². The van der Waals surface area contributed by atoms with Gasteiger partial charge in [-0.05, 0) is 28.7 Å². The first-order valence-corrected chi connectivity index (χ1v) is 8.68. The van der Waals surface area contributed by atoms with Gasteiger partial charge in [-0.25, -0.2) is 9.98 Å². The van der Waals surface area contributed by atoms with Gasteiger partial charge in [0.05, 0.1) is 5.52 Å². The van der Waals surface area contributed by atoms with E-state index < -0.39 is 0 Å². The Bertz CT molecular complexity index is 953. The van der Waals surface area contributed by atoms with Gasteiger partial charge in [0.2, 0.25) is 5.90 Å². The molecule has 2 heterocycles. The van der Waals surface area contributed by atoms with Crippen molar-refractivity contribution in [3.63, 3.8) is 0 Å². The Balaban J connectivity index is 1.71. The zero-order chi connectivity index (χ0) is 17.4. The van der Waals surface area contributed by atoms with Gasteiger partial charge in [-0.15, -0.1) is 0 Å². The Labute approximate surface area is 148 Å². The molecule has 0 saturated carbocycles. The van der Waals surface area contributed by atoms with Gasteiger partial charge in [0.15, 0.2) is 0 Å². The van der Waals surface area contributed by atoms with Gasteiger partial charge in [0.1, 0.15) is 18.3 Å². The highest BCUT2D eigenvalue weighted by molar-refractivity contribution is 5.95. The molecule has 0 spiro atoms. The van der Waals surface area contributed by atoms with E-state index in [2.05, 4.69) is 57.2 Å². The Morgan fingerprint density at radius 3 is 2.52 bits per heavy atom. The second kappa shape index (κ2) is 5.99. The van der Waals surface area contributed by atoms with Gasteiger partial charge in [-0.1, -0.05) is 69.3 Å². The SMILES string of the molecule is CC(C)(C)c1ccccc1[C@@H]1COC(c2ccc3ccccc3n2)=N1. The van der Waals surface area contributed by atoms with Crippen molar-refractivity contribution in [1.82, 2.24) is 4.98 Å². The van der Waals surface area contributed by atoms with Crippen LogP contribution in [-0.2, 0) is 10.2 Å². The van der Waals surface area contributed by atoms with Gasteiger partial charge >= 0.3 is 0 Å². The van der Waals surface area contributed by atoms with Crippen molar-refractivity contribution in [1.29, 1.82) is 0 Å². The Kier molecular flexibility index (Phi) is 3.79. The van der Waals surface area contributed by atoms with E-state index in [0.29, 0.717) is 12.5 Å². The average Bonchev–Trinajstić information content (AvgIpc) is 3.10. The molecule has 0 N–H and O–H groups in total. The van der Waals surface area contributed by atoms with Crippen molar-refractivity contribution in [3.05, 3.63) is 77.5 Å². The summed E-state index contributed by atoms with van der Waals surface area (Å²) in [4.78, 5) is 9.54. The lowest BCUT2D eigenvalue weighted by Crippen LogP contribution is -2.16. The van der Waals surface area contributed by atoms with Crippen molar-refractivity contribution < 1.29 is 4.74 Å². The van der Waals surface area contributed by atoms with Crippen LogP contribution < -0.4 is 0 Å². The maximum atomic E-state index is 5.91. The highest BCUT2D eigenvalue weighted by atomic mass is 16.5. The molecule has 0 bridgehead atoms.